The van der Waals surface area contributed by atoms with E-state index in [-0.39, 0.29) is 15.6 Å². The molecular weight excluding hydrogens is 310 g/mol. The summed E-state index contributed by atoms with van der Waals surface area (Å²) in [5.74, 6) is -0.402. The number of aromatic nitrogens is 1. The monoisotopic (exact) mass is 317 g/mol. The Morgan fingerprint density at radius 1 is 1.42 bits per heavy atom. The van der Waals surface area contributed by atoms with Crippen LogP contribution in [0.2, 0.25) is 5.02 Å². The third-order valence-electron chi connectivity index (χ3n) is 2.16. The molecule has 0 saturated heterocycles. The van der Waals surface area contributed by atoms with Gasteiger partial charge in [0.15, 0.2) is 0 Å². The molecule has 0 radical (unpaired) electrons. The van der Waals surface area contributed by atoms with Gasteiger partial charge < -0.3 is 5.32 Å². The van der Waals surface area contributed by atoms with Crippen molar-refractivity contribution in [1.82, 2.24) is 4.98 Å². The highest BCUT2D eigenvalue weighted by Crippen LogP contribution is 2.24. The Labute approximate surface area is 118 Å². The van der Waals surface area contributed by atoms with Crippen LogP contribution in [-0.2, 0) is 10.0 Å². The van der Waals surface area contributed by atoms with E-state index in [1.54, 1.807) is 5.38 Å². The quantitative estimate of drug-likeness (QED) is 0.899. The van der Waals surface area contributed by atoms with Gasteiger partial charge in [0.05, 0.1) is 10.5 Å². The third-order valence-corrected chi connectivity index (χ3v) is 4.14. The van der Waals surface area contributed by atoms with Crippen molar-refractivity contribution in [2.45, 2.75) is 4.90 Å². The number of carbonyl (C=O) groups excluding carboxylic acids is 1. The molecular formula is C10H8ClN3O3S2. The number of primary sulfonamides is 1. The highest BCUT2D eigenvalue weighted by atomic mass is 35.5. The molecule has 1 aromatic heterocycles. The van der Waals surface area contributed by atoms with E-state index < -0.39 is 15.9 Å². The van der Waals surface area contributed by atoms with Crippen molar-refractivity contribution in [3.05, 3.63) is 39.8 Å². The number of halogens is 1. The molecule has 0 aliphatic carbocycles. The van der Waals surface area contributed by atoms with Gasteiger partial charge in [0.25, 0.3) is 5.91 Å². The van der Waals surface area contributed by atoms with Gasteiger partial charge in [-0.25, -0.2) is 18.5 Å². The van der Waals surface area contributed by atoms with Gasteiger partial charge in [0.1, 0.15) is 10.6 Å². The van der Waals surface area contributed by atoms with E-state index in [2.05, 4.69) is 10.3 Å². The minimum atomic E-state index is -3.88. The van der Waals surface area contributed by atoms with E-state index in [9.17, 15) is 13.2 Å². The first-order valence-electron chi connectivity index (χ1n) is 4.90. The van der Waals surface area contributed by atoms with Crippen LogP contribution in [0.25, 0.3) is 0 Å². The topological polar surface area (TPSA) is 102 Å². The van der Waals surface area contributed by atoms with E-state index in [4.69, 9.17) is 16.7 Å². The summed E-state index contributed by atoms with van der Waals surface area (Å²) in [6.07, 6.45) is 0. The second kappa shape index (κ2) is 5.25. The van der Waals surface area contributed by atoms with Crippen LogP contribution in [0, 0.1) is 0 Å². The van der Waals surface area contributed by atoms with Crippen molar-refractivity contribution in [3.63, 3.8) is 0 Å². The average Bonchev–Trinajstić information content (AvgIpc) is 2.80. The number of nitrogens with zero attached hydrogens (tertiary/aromatic N) is 1. The fourth-order valence-electron chi connectivity index (χ4n) is 1.33. The largest absolute Gasteiger partial charge is 0.321 e. The van der Waals surface area contributed by atoms with Crippen LogP contribution in [0.5, 0.6) is 0 Å². The van der Waals surface area contributed by atoms with E-state index in [1.165, 1.54) is 35.0 Å². The molecule has 0 bridgehead atoms. The Hall–Kier alpha value is -1.48. The SMILES string of the molecule is NS(=O)(=O)c1ccc(NC(=O)c2cscn2)cc1Cl. The number of nitrogens with two attached hydrogens (primary N) is 1. The predicted octanol–water partition coefficient (Wildman–Crippen LogP) is 1.70. The molecule has 0 aliphatic rings. The zero-order valence-corrected chi connectivity index (χ0v) is 11.7. The van der Waals surface area contributed by atoms with Crippen molar-refractivity contribution < 1.29 is 13.2 Å². The first kappa shape index (κ1) is 13.9. The number of anilines is 1. The van der Waals surface area contributed by atoms with Crippen LogP contribution in [0.3, 0.4) is 0 Å². The Morgan fingerprint density at radius 3 is 2.68 bits per heavy atom. The standard InChI is InChI=1S/C10H8ClN3O3S2/c11-7-3-6(1-2-9(7)19(12,16)17)14-10(15)8-4-18-5-13-8/h1-5H,(H,14,15)(H2,12,16,17). The maximum atomic E-state index is 11.7. The van der Waals surface area contributed by atoms with Gasteiger partial charge in [-0.15, -0.1) is 11.3 Å². The molecule has 0 fully saturated rings. The highest BCUT2D eigenvalue weighted by molar-refractivity contribution is 7.89. The summed E-state index contributed by atoms with van der Waals surface area (Å²) in [4.78, 5) is 15.4. The summed E-state index contributed by atoms with van der Waals surface area (Å²) in [5.41, 5.74) is 2.17. The zero-order valence-electron chi connectivity index (χ0n) is 9.33. The maximum absolute atomic E-state index is 11.7. The number of hydrogen-bond acceptors (Lipinski definition) is 5. The molecule has 2 rings (SSSR count). The zero-order chi connectivity index (χ0) is 14.0. The number of nitrogens with one attached hydrogen (secondary N) is 1. The first-order chi connectivity index (χ1) is 8.88. The molecule has 100 valence electrons. The van der Waals surface area contributed by atoms with Gasteiger partial charge in [-0.1, -0.05) is 11.6 Å². The molecule has 0 spiro atoms. The third kappa shape index (κ3) is 3.29. The second-order valence-corrected chi connectivity index (χ2v) is 6.17. The van der Waals surface area contributed by atoms with E-state index >= 15 is 0 Å². The molecule has 0 unspecified atom stereocenters. The number of sulfonamides is 1. The van der Waals surface area contributed by atoms with Crippen LogP contribution in [0.1, 0.15) is 10.5 Å². The molecule has 1 amide bonds. The van der Waals surface area contributed by atoms with Crippen LogP contribution >= 0.6 is 22.9 Å². The Kier molecular flexibility index (Phi) is 3.85. The van der Waals surface area contributed by atoms with Crippen LogP contribution in [0.4, 0.5) is 5.69 Å². The fraction of sp³-hybridized carbons (Fsp3) is 0. The lowest BCUT2D eigenvalue weighted by Gasteiger charge is -2.06. The molecule has 1 heterocycles. The summed E-state index contributed by atoms with van der Waals surface area (Å²) < 4.78 is 22.3. The second-order valence-electron chi connectivity index (χ2n) is 3.52. The Morgan fingerprint density at radius 2 is 2.16 bits per heavy atom. The lowest BCUT2D eigenvalue weighted by molar-refractivity contribution is 0.102. The van der Waals surface area contributed by atoms with E-state index in [0.717, 1.165) is 0 Å². The van der Waals surface area contributed by atoms with Crippen molar-refractivity contribution in [2.75, 3.05) is 5.32 Å². The number of carbonyl (C=O) groups is 1. The molecule has 0 saturated carbocycles. The van der Waals surface area contributed by atoms with Gasteiger partial charge in [0.2, 0.25) is 10.0 Å². The first-order valence-corrected chi connectivity index (χ1v) is 7.76. The fourth-order valence-corrected chi connectivity index (χ4v) is 2.95. The van der Waals surface area contributed by atoms with E-state index in [0.29, 0.717) is 5.69 Å². The summed E-state index contributed by atoms with van der Waals surface area (Å²) in [6, 6.07) is 3.94. The molecule has 1 aromatic carbocycles. The molecule has 9 heteroatoms. The molecule has 3 N–H and O–H groups in total. The van der Waals surface area contributed by atoms with Gasteiger partial charge in [-0.3, -0.25) is 4.79 Å². The average molecular weight is 318 g/mol. The van der Waals surface area contributed by atoms with Crippen LogP contribution in [0.15, 0.2) is 34.0 Å². The minimum Gasteiger partial charge on any atom is -0.321 e. The molecule has 0 atom stereocenters. The smallest absolute Gasteiger partial charge is 0.275 e. The van der Waals surface area contributed by atoms with E-state index in [1.807, 2.05) is 0 Å². The van der Waals surface area contributed by atoms with Crippen LogP contribution in [-0.4, -0.2) is 19.3 Å². The Bertz CT molecular complexity index is 714. The number of hydrogen-bond donors (Lipinski definition) is 2. The Balaban J connectivity index is 2.24. The van der Waals surface area contributed by atoms with Crippen molar-refractivity contribution in [2.24, 2.45) is 5.14 Å². The van der Waals surface area contributed by atoms with Crippen molar-refractivity contribution in [3.8, 4) is 0 Å². The van der Waals surface area contributed by atoms with Gasteiger partial charge in [0, 0.05) is 11.1 Å². The lowest BCUT2D eigenvalue weighted by Crippen LogP contribution is -2.14. The van der Waals surface area contributed by atoms with Gasteiger partial charge in [-0.05, 0) is 18.2 Å². The normalized spacial score (nSPS) is 11.3. The predicted molar refractivity (Wildman–Crippen MR) is 72.9 cm³/mol. The highest BCUT2D eigenvalue weighted by Gasteiger charge is 2.14. The summed E-state index contributed by atoms with van der Waals surface area (Å²) in [6.45, 7) is 0. The summed E-state index contributed by atoms with van der Waals surface area (Å²) in [7, 11) is -3.88. The lowest BCUT2D eigenvalue weighted by atomic mass is 10.3. The summed E-state index contributed by atoms with van der Waals surface area (Å²) in [5, 5.41) is 9.06. The number of thiazole rings is 1. The molecule has 2 aromatic rings. The maximum Gasteiger partial charge on any atom is 0.275 e. The van der Waals surface area contributed by atoms with Gasteiger partial charge in [-0.2, -0.15) is 0 Å². The molecule has 0 aliphatic heterocycles. The van der Waals surface area contributed by atoms with Gasteiger partial charge >= 0.3 is 0 Å². The summed E-state index contributed by atoms with van der Waals surface area (Å²) >= 11 is 7.09. The molecule has 19 heavy (non-hydrogen) atoms. The molecule has 6 nitrogen and oxygen atoms in total. The minimum absolute atomic E-state index is 0.0569. The van der Waals surface area contributed by atoms with Crippen LogP contribution < -0.4 is 10.5 Å². The number of rotatable bonds is 3. The number of amides is 1. The van der Waals surface area contributed by atoms with Crippen molar-refractivity contribution in [1.29, 1.82) is 0 Å². The van der Waals surface area contributed by atoms with Crippen molar-refractivity contribution >= 4 is 44.6 Å². The number of benzene rings is 1.